The van der Waals surface area contributed by atoms with Gasteiger partial charge >= 0.3 is 18.3 Å². The average molecular weight is 2220 g/mol. The predicted molar refractivity (Wildman–Crippen MR) is 433 cm³/mol. The molecule has 18 aromatic rings. The number of hydrogen-bond acceptors (Lipinski definition) is 0. The summed E-state index contributed by atoms with van der Waals surface area (Å²) in [6, 6.07) is 0. The summed E-state index contributed by atoms with van der Waals surface area (Å²) in [4.78, 5) is 0. The van der Waals surface area contributed by atoms with Crippen LogP contribution in [0.15, 0.2) is 0 Å². The number of rotatable bonds is 19. The Morgan fingerprint density at radius 2 is 0.407 bits per heavy atom. The van der Waals surface area contributed by atoms with Crippen LogP contribution >= 0.6 is 0 Å². The fraction of sp³-hybridized carbons (Fsp3) is 0.208. The lowest BCUT2D eigenvalue weighted by atomic mass is 9.88. The first-order valence-corrected chi connectivity index (χ1v) is 44.8. The van der Waals surface area contributed by atoms with Crippen LogP contribution in [0.1, 0.15) is 96.6 Å². The van der Waals surface area contributed by atoms with Gasteiger partial charge in [-0.3, -0.25) is 0 Å². The Kier molecular flexibility index (Phi) is 27.4. The molecule has 2 unspecified atom stereocenters. The Morgan fingerprint density at radius 1 is 0.200 bits per heavy atom. The van der Waals surface area contributed by atoms with E-state index in [-0.39, 0.29) is 0 Å². The van der Waals surface area contributed by atoms with Gasteiger partial charge in [0.05, 0.1) is 88.9 Å². The SMILES string of the molecule is CCCCCC[NH2+]CC(C)CCC(CC)CCC.Fc1c(F)c(F)c(-c2c(C(F)(F)F)c(F)c(F)c(F)c2C(F)(F)C(F)(F)F)c(F)c1F.Fc1c(F)c2c(F)c(F)c3c(F)c(F)[c]([Al-]([c]4c(F)c(F)c5c(F)c(F)c6c(F)c(F)c(F)c7c(F)c(F)c4c5c67)([c]4c(F)c(F)c5c(F)c(F)c6c(F)c(F)c(F)c7c(F)c(F)c4c5c67)[c]4c(F)c(F)c5c(F)c(F)c6c(F)c(F)c(F)c7c(F)c(F)c4c5c67)c4c(F)c(F)c(c1F)c2c34. The Labute approximate surface area is 797 Å². The van der Waals surface area contributed by atoms with Crippen molar-refractivity contribution in [2.75, 3.05) is 13.1 Å². The van der Waals surface area contributed by atoms with E-state index in [9.17, 15) is 70.2 Å². The summed E-state index contributed by atoms with van der Waals surface area (Å²) in [5.74, 6) is -161. The van der Waals surface area contributed by atoms with Crippen LogP contribution in [0.4, 0.5) is 228 Å². The summed E-state index contributed by atoms with van der Waals surface area (Å²) in [5, 5.41) is -68.3. The van der Waals surface area contributed by atoms with Gasteiger partial charge in [-0.15, -0.1) is 0 Å². The number of benzene rings is 18. The molecule has 0 bridgehead atoms. The lowest BCUT2D eigenvalue weighted by Crippen LogP contribution is -2.85. The number of unbranched alkanes of at least 4 members (excludes halogenated alkanes) is 3. The fourth-order valence-electron chi connectivity index (χ4n) is 20.3. The quantitative estimate of drug-likeness (QED) is 0.0208. The van der Waals surface area contributed by atoms with Gasteiger partial charge in [-0.25, -0.2) is 193 Å². The van der Waals surface area contributed by atoms with Gasteiger partial charge in [0.2, 0.25) is 5.82 Å². The first-order chi connectivity index (χ1) is 69.8. The molecule has 1 nitrogen and oxygen atoms in total. The van der Waals surface area contributed by atoms with Crippen LogP contribution in [0.2, 0.25) is 0 Å². The van der Waals surface area contributed by atoms with Gasteiger partial charge in [0, 0.05) is 54.6 Å². The molecule has 18 aromatic carbocycles. The van der Waals surface area contributed by atoms with Gasteiger partial charge < -0.3 is 5.32 Å². The van der Waals surface area contributed by atoms with Crippen LogP contribution in [-0.2, 0) is 12.1 Å². The van der Waals surface area contributed by atoms with Crippen molar-refractivity contribution in [2.45, 2.75) is 104 Å². The molecule has 0 saturated carbocycles. The zero-order valence-corrected chi connectivity index (χ0v) is 74.4. The second-order valence-corrected chi connectivity index (χ2v) is 38.6. The van der Waals surface area contributed by atoms with E-state index in [4.69, 9.17) is 0 Å². The first-order valence-electron chi connectivity index (χ1n) is 42.5. The van der Waals surface area contributed by atoms with E-state index < -0.39 is 457 Å². The molecular weight excluding hydrogens is 2180 g/mol. The summed E-state index contributed by atoms with van der Waals surface area (Å²) < 4.78 is 819. The van der Waals surface area contributed by atoms with Crippen molar-refractivity contribution in [3.05, 3.63) is 267 Å². The number of quaternary nitrogens is 1. The van der Waals surface area contributed by atoms with Gasteiger partial charge in [-0.1, -0.05) is 59.8 Å². The van der Waals surface area contributed by atoms with E-state index in [2.05, 4.69) is 33.0 Å². The highest BCUT2D eigenvalue weighted by Gasteiger charge is 2.64. The molecule has 54 heteroatoms. The second-order valence-electron chi connectivity index (χ2n) is 34.5. The molecule has 0 heterocycles. The highest BCUT2D eigenvalue weighted by Crippen LogP contribution is 2.58. The molecule has 0 amide bonds. The predicted octanol–water partition coefficient (Wildman–Crippen LogP) is 31.2. The summed E-state index contributed by atoms with van der Waals surface area (Å²) in [7, 11) is 0. The third-order valence-electron chi connectivity index (χ3n) is 26.7. The summed E-state index contributed by atoms with van der Waals surface area (Å²) >= 11 is -10.9. The smallest absolute Gasteiger partial charge is 0.346 e. The Hall–Kier alpha value is -13.0. The van der Waals surface area contributed by atoms with Crippen LogP contribution < -0.4 is 23.0 Å². The number of nitrogens with two attached hydrogens (primary N) is 1. The van der Waals surface area contributed by atoms with Crippen LogP contribution in [0.25, 0.3) is 140 Å². The van der Waals surface area contributed by atoms with Gasteiger partial charge in [0.25, 0.3) is 13.1 Å². The van der Waals surface area contributed by atoms with Crippen molar-refractivity contribution in [1.82, 2.24) is 0 Å². The number of alkyl halides is 8. The molecule has 0 fully saturated rings. The summed E-state index contributed by atoms with van der Waals surface area (Å²) in [6.45, 7) is 12.1. The van der Waals surface area contributed by atoms with E-state index in [1.165, 1.54) is 70.9 Å². The van der Waals surface area contributed by atoms with Crippen molar-refractivity contribution in [3.8, 4) is 11.1 Å². The normalized spacial score (nSPS) is 13.2. The molecule has 150 heavy (non-hydrogen) atoms. The van der Waals surface area contributed by atoms with E-state index in [1.54, 1.807) is 0 Å². The van der Waals surface area contributed by atoms with Crippen LogP contribution in [0, 0.1) is 268 Å². The standard InChI is InChI=1S/C17H37N.4C16F9.C15F16.Al/c1-5-8-9-10-14-18-15-16(4)12-13-17(7-3)11-6-2;4*17-3-1-2-4-5-7(11(20)9(2)18)14(23)16(25)15(24)8(5)13(22)12(21)6(4)10(3)19;16-5-2(6(17)10(21)12(23)9(5)20)1-3(13(24,25)15(29,30)31)7(18)11(22)8(19)4(1)14(26,27)28;/h16-18H,5-15H2,1-4H3;;;;;;/q;;;;;;-1/p+1. The molecule has 0 spiro atoms. The molecule has 0 aliphatic heterocycles. The van der Waals surface area contributed by atoms with Crippen molar-refractivity contribution < 1.29 is 234 Å². The highest BCUT2D eigenvalue weighted by atomic mass is 27.2. The number of halogens is 52. The molecule has 0 radical (unpaired) electrons. The van der Waals surface area contributed by atoms with Gasteiger partial charge in [-0.2, -0.15) is 52.8 Å². The lowest BCUT2D eigenvalue weighted by Gasteiger charge is -2.45. The summed E-state index contributed by atoms with van der Waals surface area (Å²) in [5.41, 5.74) is -14.2. The lowest BCUT2D eigenvalue weighted by molar-refractivity contribution is -0.660. The minimum absolute atomic E-state index is 0.905. The van der Waals surface area contributed by atoms with Crippen molar-refractivity contribution >= 4 is 160 Å². The Balaban J connectivity index is 0.000000268. The van der Waals surface area contributed by atoms with Gasteiger partial charge in [0.15, 0.2) is 227 Å². The largest absolute Gasteiger partial charge is 0.458 e. The third kappa shape index (κ3) is 14.7. The van der Waals surface area contributed by atoms with E-state index >= 15 is 158 Å². The molecule has 794 valence electrons. The van der Waals surface area contributed by atoms with Crippen LogP contribution in [0.5, 0.6) is 0 Å². The number of hydrogen-bond donors (Lipinski definition) is 1. The average Bonchev–Trinajstić information content (AvgIpc) is 0.646. The molecule has 2 N–H and O–H groups in total. The van der Waals surface area contributed by atoms with Crippen molar-refractivity contribution in [1.29, 1.82) is 0 Å². The summed E-state index contributed by atoms with van der Waals surface area (Å²) in [6.07, 6.45) is -1.03. The fourth-order valence-corrected chi connectivity index (χ4v) is 26.8. The second kappa shape index (κ2) is 37.5. The van der Waals surface area contributed by atoms with E-state index in [0.29, 0.717) is 0 Å². The molecular formula is C96H38AlF52N. The van der Waals surface area contributed by atoms with Crippen LogP contribution in [-0.4, -0.2) is 32.3 Å². The molecule has 18 rings (SSSR count). The zero-order chi connectivity index (χ0) is 112. The van der Waals surface area contributed by atoms with E-state index in [1.807, 2.05) is 0 Å². The first kappa shape index (κ1) is 110. The van der Waals surface area contributed by atoms with Crippen molar-refractivity contribution in [2.24, 2.45) is 11.8 Å². The topological polar surface area (TPSA) is 16.6 Å². The maximum Gasteiger partial charge on any atom is 0.458 e. The maximum absolute atomic E-state index is 19.4. The minimum Gasteiger partial charge on any atom is -0.346 e. The van der Waals surface area contributed by atoms with E-state index in [0.717, 1.165) is 11.8 Å². The van der Waals surface area contributed by atoms with Gasteiger partial charge in [0.1, 0.15) is 28.8 Å². The molecule has 0 aliphatic rings. The minimum atomic E-state index is -10.9. The Morgan fingerprint density at radius 3 is 0.633 bits per heavy atom. The Bertz CT molecular complexity index is 7990. The molecule has 0 saturated heterocycles. The molecule has 2 atom stereocenters. The molecule has 0 aromatic heterocycles. The van der Waals surface area contributed by atoms with Gasteiger partial charge in [-0.05, 0) is 53.1 Å². The maximum atomic E-state index is 19.4. The van der Waals surface area contributed by atoms with Crippen LogP contribution in [0.3, 0.4) is 0 Å². The highest BCUT2D eigenvalue weighted by molar-refractivity contribution is 7.23. The van der Waals surface area contributed by atoms with Crippen molar-refractivity contribution in [3.63, 3.8) is 0 Å². The molecule has 0 aliphatic carbocycles. The zero-order valence-electron chi connectivity index (χ0n) is 73.2. The monoisotopic (exact) mass is 2220 g/mol. The third-order valence-corrected chi connectivity index (χ3v) is 32.3.